The Kier molecular flexibility index (Phi) is 4.99. The van der Waals surface area contributed by atoms with Gasteiger partial charge in [0, 0.05) is 11.5 Å². The molecule has 1 aromatic heterocycles. The largest absolute Gasteiger partial charge is 0.504 e. The number of benzene rings is 1. The maximum Gasteiger partial charge on any atom is 0.339 e. The van der Waals surface area contributed by atoms with Crippen molar-refractivity contribution in [3.63, 3.8) is 0 Å². The first-order valence-corrected chi connectivity index (χ1v) is 7.18. The molecule has 0 aliphatic heterocycles. The maximum atomic E-state index is 12.2. The van der Waals surface area contributed by atoms with E-state index in [1.807, 2.05) is 37.3 Å². The van der Waals surface area contributed by atoms with E-state index in [4.69, 9.17) is 4.42 Å². The van der Waals surface area contributed by atoms with Gasteiger partial charge in [0.1, 0.15) is 6.26 Å². The molecule has 3 heteroatoms. The molecule has 0 amide bonds. The summed E-state index contributed by atoms with van der Waals surface area (Å²) in [6.45, 7) is 5.72. The topological polar surface area (TPSA) is 50.4 Å². The van der Waals surface area contributed by atoms with Crippen LogP contribution in [-0.2, 0) is 6.42 Å². The predicted octanol–water partition coefficient (Wildman–Crippen LogP) is 4.01. The Balaban J connectivity index is 2.57. The van der Waals surface area contributed by atoms with Crippen molar-refractivity contribution in [2.24, 2.45) is 0 Å². The average Bonchev–Trinajstić information content (AvgIpc) is 2.51. The van der Waals surface area contributed by atoms with E-state index in [9.17, 15) is 9.90 Å². The van der Waals surface area contributed by atoms with Gasteiger partial charge < -0.3 is 9.52 Å². The van der Waals surface area contributed by atoms with Crippen LogP contribution in [-0.4, -0.2) is 5.11 Å². The molecule has 1 heterocycles. The molecule has 1 N–H and O–H groups in total. The molecule has 0 radical (unpaired) electrons. The smallest absolute Gasteiger partial charge is 0.339 e. The lowest BCUT2D eigenvalue weighted by atomic mass is 9.86. The first-order chi connectivity index (χ1) is 10.2. The number of hydrogen-bond acceptors (Lipinski definition) is 3. The van der Waals surface area contributed by atoms with Crippen LogP contribution < -0.4 is 5.63 Å². The molecular formula is C18H20O3. The SMILES string of the molecule is C=CCCc1c(O)coc(=O)c1[C@@H](CC)c1ccccc1. The minimum Gasteiger partial charge on any atom is -0.504 e. The van der Waals surface area contributed by atoms with Crippen molar-refractivity contribution in [2.75, 3.05) is 0 Å². The Hall–Kier alpha value is -2.29. The minimum absolute atomic E-state index is 0.0424. The van der Waals surface area contributed by atoms with Crippen LogP contribution in [0.2, 0.25) is 0 Å². The molecule has 1 aromatic carbocycles. The third-order valence-corrected chi connectivity index (χ3v) is 3.69. The van der Waals surface area contributed by atoms with E-state index >= 15 is 0 Å². The molecular weight excluding hydrogens is 264 g/mol. The number of aromatic hydroxyl groups is 1. The van der Waals surface area contributed by atoms with E-state index < -0.39 is 0 Å². The fraction of sp³-hybridized carbons (Fsp3) is 0.278. The van der Waals surface area contributed by atoms with Crippen molar-refractivity contribution in [1.82, 2.24) is 0 Å². The summed E-state index contributed by atoms with van der Waals surface area (Å²) in [5, 5.41) is 10.1. The Morgan fingerprint density at radius 2 is 2.05 bits per heavy atom. The zero-order valence-electron chi connectivity index (χ0n) is 12.2. The van der Waals surface area contributed by atoms with Crippen LogP contribution >= 0.6 is 0 Å². The molecule has 0 saturated heterocycles. The first-order valence-electron chi connectivity index (χ1n) is 7.18. The summed E-state index contributed by atoms with van der Waals surface area (Å²) in [6, 6.07) is 9.83. The Morgan fingerprint density at radius 3 is 2.67 bits per heavy atom. The predicted molar refractivity (Wildman–Crippen MR) is 83.7 cm³/mol. The third-order valence-electron chi connectivity index (χ3n) is 3.69. The Bertz CT molecular complexity index is 656. The van der Waals surface area contributed by atoms with Crippen molar-refractivity contribution in [3.8, 4) is 5.75 Å². The van der Waals surface area contributed by atoms with E-state index in [0.717, 1.165) is 18.2 Å². The fourth-order valence-corrected chi connectivity index (χ4v) is 2.66. The normalized spacial score (nSPS) is 12.0. The molecule has 0 bridgehead atoms. The summed E-state index contributed by atoms with van der Waals surface area (Å²) in [5.41, 5.74) is 1.91. The molecule has 3 nitrogen and oxygen atoms in total. The quantitative estimate of drug-likeness (QED) is 0.815. The second kappa shape index (κ2) is 6.93. The molecule has 2 rings (SSSR count). The lowest BCUT2D eigenvalue weighted by Gasteiger charge is -2.18. The standard InChI is InChI=1S/C18H20O3/c1-3-5-11-15-16(19)12-21-18(20)17(15)14(4-2)13-9-7-6-8-10-13/h3,6-10,12,14,19H,1,4-5,11H2,2H3/t14-/m0/s1. The van der Waals surface area contributed by atoms with E-state index in [1.165, 1.54) is 0 Å². The van der Waals surface area contributed by atoms with Crippen molar-refractivity contribution >= 4 is 0 Å². The molecule has 0 saturated carbocycles. The highest BCUT2D eigenvalue weighted by Crippen LogP contribution is 2.32. The van der Waals surface area contributed by atoms with Crippen LogP contribution in [0.15, 0.2) is 58.5 Å². The second-order valence-electron chi connectivity index (χ2n) is 5.00. The molecule has 1 atom stereocenters. The van der Waals surface area contributed by atoms with Gasteiger partial charge in [-0.1, -0.05) is 43.3 Å². The molecule has 2 aromatic rings. The van der Waals surface area contributed by atoms with Crippen LogP contribution in [0, 0.1) is 0 Å². The first kappa shape index (κ1) is 15.1. The van der Waals surface area contributed by atoms with Crippen molar-refractivity contribution < 1.29 is 9.52 Å². The van der Waals surface area contributed by atoms with Crippen LogP contribution in [0.5, 0.6) is 5.75 Å². The Labute approximate surface area is 124 Å². The van der Waals surface area contributed by atoms with Gasteiger partial charge in [-0.3, -0.25) is 0 Å². The summed E-state index contributed by atoms with van der Waals surface area (Å²) in [7, 11) is 0. The minimum atomic E-state index is -0.373. The van der Waals surface area contributed by atoms with E-state index in [2.05, 4.69) is 6.58 Å². The second-order valence-corrected chi connectivity index (χ2v) is 5.00. The number of rotatable bonds is 6. The van der Waals surface area contributed by atoms with Crippen molar-refractivity contribution in [3.05, 3.63) is 76.4 Å². The summed E-state index contributed by atoms with van der Waals surface area (Å²) in [6.07, 6.45) is 4.96. The number of hydrogen-bond donors (Lipinski definition) is 1. The maximum absolute atomic E-state index is 12.2. The van der Waals surface area contributed by atoms with Crippen LogP contribution in [0.3, 0.4) is 0 Å². The van der Waals surface area contributed by atoms with Gasteiger partial charge in [-0.25, -0.2) is 4.79 Å². The van der Waals surface area contributed by atoms with Gasteiger partial charge in [0.2, 0.25) is 0 Å². The Morgan fingerprint density at radius 1 is 1.33 bits per heavy atom. The molecule has 0 unspecified atom stereocenters. The van der Waals surface area contributed by atoms with Crippen LogP contribution in [0.1, 0.15) is 42.4 Å². The summed E-state index contributed by atoms with van der Waals surface area (Å²) < 4.78 is 4.98. The van der Waals surface area contributed by atoms with Crippen molar-refractivity contribution in [2.45, 2.75) is 32.1 Å². The van der Waals surface area contributed by atoms with Crippen LogP contribution in [0.25, 0.3) is 0 Å². The van der Waals surface area contributed by atoms with Gasteiger partial charge in [0.25, 0.3) is 0 Å². The van der Waals surface area contributed by atoms with Gasteiger partial charge >= 0.3 is 5.63 Å². The van der Waals surface area contributed by atoms with Gasteiger partial charge in [-0.05, 0) is 24.8 Å². The zero-order valence-corrected chi connectivity index (χ0v) is 12.2. The molecule has 0 aliphatic carbocycles. The van der Waals surface area contributed by atoms with Crippen molar-refractivity contribution in [1.29, 1.82) is 0 Å². The lowest BCUT2D eigenvalue weighted by Crippen LogP contribution is -2.16. The van der Waals surface area contributed by atoms with E-state index in [-0.39, 0.29) is 17.3 Å². The van der Waals surface area contributed by atoms with Crippen LogP contribution in [0.4, 0.5) is 0 Å². The summed E-state index contributed by atoms with van der Waals surface area (Å²) in [4.78, 5) is 12.2. The summed E-state index contributed by atoms with van der Waals surface area (Å²) >= 11 is 0. The zero-order chi connectivity index (χ0) is 15.2. The fourth-order valence-electron chi connectivity index (χ4n) is 2.66. The summed E-state index contributed by atoms with van der Waals surface area (Å²) in [5.74, 6) is -0.0322. The highest BCUT2D eigenvalue weighted by Gasteiger charge is 2.22. The van der Waals surface area contributed by atoms with Gasteiger partial charge in [-0.2, -0.15) is 0 Å². The third kappa shape index (κ3) is 3.24. The van der Waals surface area contributed by atoms with E-state index in [1.54, 1.807) is 6.08 Å². The average molecular weight is 284 g/mol. The monoisotopic (exact) mass is 284 g/mol. The van der Waals surface area contributed by atoms with E-state index in [0.29, 0.717) is 24.0 Å². The van der Waals surface area contributed by atoms with Gasteiger partial charge in [0.05, 0.1) is 5.56 Å². The lowest BCUT2D eigenvalue weighted by molar-refractivity contribution is 0.408. The molecule has 21 heavy (non-hydrogen) atoms. The highest BCUT2D eigenvalue weighted by atomic mass is 16.4. The molecule has 0 fully saturated rings. The highest BCUT2D eigenvalue weighted by molar-refractivity contribution is 5.42. The number of allylic oxidation sites excluding steroid dienone is 1. The molecule has 0 aliphatic rings. The molecule has 110 valence electrons. The van der Waals surface area contributed by atoms with Gasteiger partial charge in [-0.15, -0.1) is 6.58 Å². The van der Waals surface area contributed by atoms with Gasteiger partial charge in [0.15, 0.2) is 5.75 Å². The molecule has 0 spiro atoms.